The van der Waals surface area contributed by atoms with Gasteiger partial charge in [-0.15, -0.1) is 0 Å². The SMILES string of the molecule is NNC(CCOc1ccccc1)c1ccccc1. The number of nitrogens with two attached hydrogens (primary N) is 1. The van der Waals surface area contributed by atoms with E-state index in [1.807, 2.05) is 48.5 Å². The summed E-state index contributed by atoms with van der Waals surface area (Å²) < 4.78 is 5.66. The number of rotatable bonds is 6. The molecule has 0 aliphatic carbocycles. The molecule has 2 rings (SSSR count). The van der Waals surface area contributed by atoms with Crippen molar-refractivity contribution in [2.45, 2.75) is 12.5 Å². The Balaban J connectivity index is 1.85. The van der Waals surface area contributed by atoms with E-state index < -0.39 is 0 Å². The lowest BCUT2D eigenvalue weighted by atomic mass is 10.1. The van der Waals surface area contributed by atoms with Crippen LogP contribution in [0.1, 0.15) is 18.0 Å². The molecule has 3 heteroatoms. The molecule has 94 valence electrons. The Hall–Kier alpha value is -1.84. The number of hydrogen-bond acceptors (Lipinski definition) is 3. The molecule has 0 amide bonds. The quantitative estimate of drug-likeness (QED) is 0.604. The van der Waals surface area contributed by atoms with Gasteiger partial charge in [0.25, 0.3) is 0 Å². The first-order valence-corrected chi connectivity index (χ1v) is 6.09. The van der Waals surface area contributed by atoms with Crippen molar-refractivity contribution in [2.75, 3.05) is 6.61 Å². The summed E-state index contributed by atoms with van der Waals surface area (Å²) in [5.74, 6) is 6.47. The van der Waals surface area contributed by atoms with E-state index >= 15 is 0 Å². The first-order valence-electron chi connectivity index (χ1n) is 6.09. The van der Waals surface area contributed by atoms with Crippen molar-refractivity contribution in [3.63, 3.8) is 0 Å². The molecule has 0 heterocycles. The first kappa shape index (κ1) is 12.6. The first-order chi connectivity index (χ1) is 8.90. The fourth-order valence-corrected chi connectivity index (χ4v) is 1.84. The van der Waals surface area contributed by atoms with Crippen molar-refractivity contribution in [3.8, 4) is 5.75 Å². The second-order valence-corrected chi connectivity index (χ2v) is 4.08. The van der Waals surface area contributed by atoms with E-state index in [0.29, 0.717) is 6.61 Å². The summed E-state index contributed by atoms with van der Waals surface area (Å²) in [5.41, 5.74) is 4.00. The van der Waals surface area contributed by atoms with Gasteiger partial charge in [0.15, 0.2) is 0 Å². The van der Waals surface area contributed by atoms with Crippen LogP contribution in [0.25, 0.3) is 0 Å². The summed E-state index contributed by atoms with van der Waals surface area (Å²) in [7, 11) is 0. The fourth-order valence-electron chi connectivity index (χ4n) is 1.84. The third-order valence-corrected chi connectivity index (χ3v) is 2.82. The average Bonchev–Trinajstić information content (AvgIpc) is 2.46. The Morgan fingerprint density at radius 3 is 2.17 bits per heavy atom. The van der Waals surface area contributed by atoms with E-state index in [0.717, 1.165) is 12.2 Å². The van der Waals surface area contributed by atoms with E-state index in [2.05, 4.69) is 17.6 Å². The summed E-state index contributed by atoms with van der Waals surface area (Å²) >= 11 is 0. The maximum Gasteiger partial charge on any atom is 0.119 e. The van der Waals surface area contributed by atoms with Gasteiger partial charge in [-0.05, 0) is 17.7 Å². The summed E-state index contributed by atoms with van der Waals surface area (Å²) in [4.78, 5) is 0. The van der Waals surface area contributed by atoms with Gasteiger partial charge in [-0.1, -0.05) is 48.5 Å². The molecule has 0 aromatic heterocycles. The molecular formula is C15H18N2O. The zero-order valence-corrected chi connectivity index (χ0v) is 10.3. The van der Waals surface area contributed by atoms with E-state index in [4.69, 9.17) is 10.6 Å². The minimum Gasteiger partial charge on any atom is -0.494 e. The van der Waals surface area contributed by atoms with Crippen molar-refractivity contribution in [1.29, 1.82) is 0 Å². The molecule has 0 saturated carbocycles. The molecular weight excluding hydrogens is 224 g/mol. The van der Waals surface area contributed by atoms with Crippen LogP contribution in [-0.4, -0.2) is 6.61 Å². The van der Waals surface area contributed by atoms with Crippen molar-refractivity contribution in [1.82, 2.24) is 5.43 Å². The molecule has 2 aromatic carbocycles. The number of hydrazine groups is 1. The Morgan fingerprint density at radius 2 is 1.56 bits per heavy atom. The standard InChI is InChI=1S/C15H18N2O/c16-17-15(13-7-3-1-4-8-13)11-12-18-14-9-5-2-6-10-14/h1-10,15,17H,11-12,16H2. The van der Waals surface area contributed by atoms with Gasteiger partial charge in [0.1, 0.15) is 5.75 Å². The van der Waals surface area contributed by atoms with Crippen LogP contribution < -0.4 is 16.0 Å². The molecule has 0 saturated heterocycles. The van der Waals surface area contributed by atoms with Crippen LogP contribution in [0.3, 0.4) is 0 Å². The number of nitrogens with one attached hydrogen (secondary N) is 1. The predicted molar refractivity (Wildman–Crippen MR) is 73.1 cm³/mol. The van der Waals surface area contributed by atoms with Gasteiger partial charge in [0.2, 0.25) is 0 Å². The monoisotopic (exact) mass is 242 g/mol. The number of hydrogen-bond donors (Lipinski definition) is 2. The Labute approximate surface area is 108 Å². The molecule has 1 unspecified atom stereocenters. The normalized spacial score (nSPS) is 12.1. The second-order valence-electron chi connectivity index (χ2n) is 4.08. The number of ether oxygens (including phenoxy) is 1. The Kier molecular flexibility index (Phi) is 4.76. The fraction of sp³-hybridized carbons (Fsp3) is 0.200. The molecule has 18 heavy (non-hydrogen) atoms. The average molecular weight is 242 g/mol. The van der Waals surface area contributed by atoms with Gasteiger partial charge in [0.05, 0.1) is 6.61 Å². The second kappa shape index (κ2) is 6.79. The molecule has 0 aliphatic heterocycles. The van der Waals surface area contributed by atoms with Crippen LogP contribution in [0.4, 0.5) is 0 Å². The van der Waals surface area contributed by atoms with Gasteiger partial charge < -0.3 is 4.74 Å². The topological polar surface area (TPSA) is 47.3 Å². The van der Waals surface area contributed by atoms with E-state index in [-0.39, 0.29) is 6.04 Å². The van der Waals surface area contributed by atoms with Crippen LogP contribution in [-0.2, 0) is 0 Å². The highest BCUT2D eigenvalue weighted by Gasteiger charge is 2.08. The van der Waals surface area contributed by atoms with Crippen molar-refractivity contribution >= 4 is 0 Å². The molecule has 0 radical (unpaired) electrons. The minimum atomic E-state index is 0.120. The smallest absolute Gasteiger partial charge is 0.119 e. The lowest BCUT2D eigenvalue weighted by molar-refractivity contribution is 0.287. The van der Waals surface area contributed by atoms with Crippen molar-refractivity contribution in [3.05, 3.63) is 66.2 Å². The molecule has 1 atom stereocenters. The van der Waals surface area contributed by atoms with E-state index in [9.17, 15) is 0 Å². The van der Waals surface area contributed by atoms with Crippen LogP contribution >= 0.6 is 0 Å². The highest BCUT2D eigenvalue weighted by molar-refractivity contribution is 5.21. The van der Waals surface area contributed by atoms with Crippen molar-refractivity contribution in [2.24, 2.45) is 5.84 Å². The molecule has 0 aliphatic rings. The van der Waals surface area contributed by atoms with Crippen molar-refractivity contribution < 1.29 is 4.74 Å². The van der Waals surface area contributed by atoms with Gasteiger partial charge in [0, 0.05) is 12.5 Å². The van der Waals surface area contributed by atoms with E-state index in [1.165, 1.54) is 5.56 Å². The largest absolute Gasteiger partial charge is 0.494 e. The van der Waals surface area contributed by atoms with Crippen LogP contribution in [0.15, 0.2) is 60.7 Å². The third kappa shape index (κ3) is 3.58. The molecule has 0 fully saturated rings. The predicted octanol–water partition coefficient (Wildman–Crippen LogP) is 2.66. The Bertz CT molecular complexity index is 445. The summed E-state index contributed by atoms with van der Waals surface area (Å²) in [6.07, 6.45) is 0.829. The molecule has 3 nitrogen and oxygen atoms in total. The lowest BCUT2D eigenvalue weighted by Crippen LogP contribution is -2.29. The zero-order chi connectivity index (χ0) is 12.6. The third-order valence-electron chi connectivity index (χ3n) is 2.82. The van der Waals surface area contributed by atoms with Gasteiger partial charge >= 0.3 is 0 Å². The lowest BCUT2D eigenvalue weighted by Gasteiger charge is -2.16. The minimum absolute atomic E-state index is 0.120. The maximum absolute atomic E-state index is 5.66. The molecule has 3 N–H and O–H groups in total. The highest BCUT2D eigenvalue weighted by atomic mass is 16.5. The summed E-state index contributed by atoms with van der Waals surface area (Å²) in [6, 6.07) is 20.1. The molecule has 0 bridgehead atoms. The number of para-hydroxylation sites is 1. The highest BCUT2D eigenvalue weighted by Crippen LogP contribution is 2.16. The van der Waals surface area contributed by atoms with Crippen LogP contribution in [0.2, 0.25) is 0 Å². The van der Waals surface area contributed by atoms with Gasteiger partial charge in [-0.25, -0.2) is 0 Å². The van der Waals surface area contributed by atoms with Crippen LogP contribution in [0, 0.1) is 0 Å². The molecule has 0 spiro atoms. The number of benzene rings is 2. The van der Waals surface area contributed by atoms with E-state index in [1.54, 1.807) is 0 Å². The van der Waals surface area contributed by atoms with Gasteiger partial charge in [-0.3, -0.25) is 11.3 Å². The summed E-state index contributed by atoms with van der Waals surface area (Å²) in [5, 5.41) is 0. The molecule has 2 aromatic rings. The van der Waals surface area contributed by atoms with Gasteiger partial charge in [-0.2, -0.15) is 0 Å². The summed E-state index contributed by atoms with van der Waals surface area (Å²) in [6.45, 7) is 0.633. The maximum atomic E-state index is 5.66. The Morgan fingerprint density at radius 1 is 0.944 bits per heavy atom. The van der Waals surface area contributed by atoms with Crippen LogP contribution in [0.5, 0.6) is 5.75 Å². The zero-order valence-electron chi connectivity index (χ0n) is 10.3.